The van der Waals surface area contributed by atoms with E-state index in [2.05, 4.69) is 26.1 Å². The Labute approximate surface area is 401 Å². The van der Waals surface area contributed by atoms with Gasteiger partial charge in [-0.2, -0.15) is 0 Å². The molecule has 0 radical (unpaired) electrons. The second kappa shape index (κ2) is 26.4. The van der Waals surface area contributed by atoms with E-state index in [-0.39, 0.29) is 81.7 Å². The second-order valence-electron chi connectivity index (χ2n) is 19.6. The highest BCUT2D eigenvalue weighted by Crippen LogP contribution is 2.41. The molecule has 2 saturated heterocycles. The number of halogens is 1. The van der Waals surface area contributed by atoms with Crippen LogP contribution in [0.2, 0.25) is 0 Å². The number of cyclic esters (lactones) is 4. The summed E-state index contributed by atoms with van der Waals surface area (Å²) < 4.78 is 61.3. The smallest absolute Gasteiger partial charge is 0.492 e. The predicted molar refractivity (Wildman–Crippen MR) is 253 cm³/mol. The van der Waals surface area contributed by atoms with Gasteiger partial charge in [0.05, 0.1) is 5.92 Å². The van der Waals surface area contributed by atoms with Crippen LogP contribution in [0.5, 0.6) is 5.75 Å². The summed E-state index contributed by atoms with van der Waals surface area (Å²) >= 11 is 0. The zero-order valence-corrected chi connectivity index (χ0v) is 40.9. The quantitative estimate of drug-likeness (QED) is 0.0380. The molecule has 3 aliphatic rings. The van der Waals surface area contributed by atoms with Crippen LogP contribution in [0.15, 0.2) is 54.6 Å². The number of carbonyl (C=O) groups excluding carboxylic acids is 5. The normalized spacial score (nSPS) is 17.9. The number of aryl methyl sites for hydroxylation is 2. The van der Waals surface area contributed by atoms with E-state index in [1.165, 1.54) is 39.5 Å². The van der Waals surface area contributed by atoms with Crippen molar-refractivity contribution in [1.29, 1.82) is 0 Å². The molecule has 68 heavy (non-hydrogen) atoms. The Balaban J connectivity index is 1.53. The molecule has 0 unspecified atom stereocenters. The fraction of sp³-hybridized carbons (Fsp3) is 0.611. The fourth-order valence-corrected chi connectivity index (χ4v) is 8.92. The fourth-order valence-electron chi connectivity index (χ4n) is 8.92. The Hall–Kier alpha value is -5.40. The zero-order valence-electron chi connectivity index (χ0n) is 40.9. The molecule has 3 fully saturated rings. The Morgan fingerprint density at radius 3 is 1.66 bits per heavy atom. The third-order valence-electron chi connectivity index (χ3n) is 13.2. The van der Waals surface area contributed by atoms with Crippen LogP contribution in [0.4, 0.5) is 14.0 Å². The Kier molecular flexibility index (Phi) is 20.8. The predicted octanol–water partition coefficient (Wildman–Crippen LogP) is 11.4. The number of ether oxygens (including phenoxy) is 8. The standard InChI is InChI=1S/C54H73FO13/c1-8-9-10-13-38-18-20-41(21-19-38)42-22-23-46(47(55)26-42)45-24-43(16-11-14-39-27-61-52(59)62-28-39)48(44(25-45)17-12-15-40-29-63-53(60)64-30-40)65-31-54(32-66-49(56)35(2)3,33-67-50(57)36(4)5)34-68-51(58)37(6)7/h22-26,37-41H,2,4,8-21,27-34H2,1,3,5-7H3. The molecule has 2 aliphatic heterocycles. The van der Waals surface area contributed by atoms with Crippen molar-refractivity contribution >= 4 is 30.2 Å². The van der Waals surface area contributed by atoms with Crippen molar-refractivity contribution in [3.05, 3.63) is 77.1 Å². The Bertz CT molecular complexity index is 1960. The van der Waals surface area contributed by atoms with Gasteiger partial charge in [-0.25, -0.2) is 23.6 Å². The van der Waals surface area contributed by atoms with E-state index in [0.717, 1.165) is 48.3 Å². The van der Waals surface area contributed by atoms with Crippen molar-refractivity contribution < 1.29 is 66.3 Å². The van der Waals surface area contributed by atoms with Crippen LogP contribution in [0.25, 0.3) is 11.1 Å². The van der Waals surface area contributed by atoms with Crippen LogP contribution >= 0.6 is 0 Å². The van der Waals surface area contributed by atoms with Crippen molar-refractivity contribution in [2.45, 2.75) is 130 Å². The number of esters is 3. The summed E-state index contributed by atoms with van der Waals surface area (Å²) in [7, 11) is 0. The van der Waals surface area contributed by atoms with Crippen LogP contribution in [-0.4, -0.2) is 83.1 Å². The van der Waals surface area contributed by atoms with Gasteiger partial charge in [-0.1, -0.05) is 71.7 Å². The highest BCUT2D eigenvalue weighted by atomic mass is 19.1. The molecular formula is C54H73FO13. The van der Waals surface area contributed by atoms with Gasteiger partial charge in [-0.05, 0) is 130 Å². The molecule has 5 rings (SSSR count). The lowest BCUT2D eigenvalue weighted by molar-refractivity contribution is -0.163. The molecule has 374 valence electrons. The van der Waals surface area contributed by atoms with Gasteiger partial charge >= 0.3 is 30.2 Å². The van der Waals surface area contributed by atoms with E-state index in [4.69, 9.17) is 37.9 Å². The number of unbranched alkanes of at least 4 members (excludes halogenated alkanes) is 2. The minimum absolute atomic E-state index is 0.0303. The number of hydrogen-bond acceptors (Lipinski definition) is 13. The molecule has 1 aliphatic carbocycles. The minimum atomic E-state index is -1.41. The monoisotopic (exact) mass is 949 g/mol. The van der Waals surface area contributed by atoms with Crippen LogP contribution in [0, 0.1) is 34.9 Å². The molecule has 0 atom stereocenters. The van der Waals surface area contributed by atoms with Crippen molar-refractivity contribution in [2.24, 2.45) is 29.1 Å². The van der Waals surface area contributed by atoms with Gasteiger partial charge in [-0.3, -0.25) is 4.79 Å². The van der Waals surface area contributed by atoms with Crippen LogP contribution < -0.4 is 4.74 Å². The number of hydrogen-bond donors (Lipinski definition) is 0. The lowest BCUT2D eigenvalue weighted by Crippen LogP contribution is -2.44. The number of rotatable bonds is 26. The summed E-state index contributed by atoms with van der Waals surface area (Å²) in [6.07, 6.45) is 11.5. The third kappa shape index (κ3) is 16.4. The van der Waals surface area contributed by atoms with Crippen LogP contribution in [0.3, 0.4) is 0 Å². The highest BCUT2D eigenvalue weighted by molar-refractivity contribution is 5.87. The number of carbonyl (C=O) groups is 5. The Morgan fingerprint density at radius 1 is 0.691 bits per heavy atom. The van der Waals surface area contributed by atoms with Crippen molar-refractivity contribution in [3.63, 3.8) is 0 Å². The molecule has 0 aromatic heterocycles. The summed E-state index contributed by atoms with van der Waals surface area (Å²) in [6, 6.07) is 9.51. The first-order chi connectivity index (χ1) is 32.6. The van der Waals surface area contributed by atoms with Crippen LogP contribution in [-0.2, 0) is 60.4 Å². The summed E-state index contributed by atoms with van der Waals surface area (Å²) in [5.74, 6) is -1.24. The molecule has 1 saturated carbocycles. The maximum absolute atomic E-state index is 16.6. The summed E-state index contributed by atoms with van der Waals surface area (Å²) in [5.41, 5.74) is 2.52. The summed E-state index contributed by atoms with van der Waals surface area (Å²) in [4.78, 5) is 62.0. The molecule has 0 amide bonds. The lowest BCUT2D eigenvalue weighted by atomic mass is 9.77. The average Bonchev–Trinajstić information content (AvgIpc) is 3.32. The topological polar surface area (TPSA) is 159 Å². The second-order valence-corrected chi connectivity index (χ2v) is 19.6. The lowest BCUT2D eigenvalue weighted by Gasteiger charge is -2.33. The molecule has 0 N–H and O–H groups in total. The first-order valence-corrected chi connectivity index (χ1v) is 24.6. The molecule has 13 nitrogen and oxygen atoms in total. The summed E-state index contributed by atoms with van der Waals surface area (Å²) in [5, 5.41) is 0. The first kappa shape index (κ1) is 53.6. The average molecular weight is 949 g/mol. The third-order valence-corrected chi connectivity index (χ3v) is 13.2. The first-order valence-electron chi connectivity index (χ1n) is 24.6. The maximum atomic E-state index is 16.6. The van der Waals surface area contributed by atoms with Crippen molar-refractivity contribution in [2.75, 3.05) is 52.9 Å². The number of benzene rings is 2. The SMILES string of the molecule is C=C(C)C(=O)OCC(COC(=O)C(=C)C)(COC(=O)C(C)C)COc1c(CCCC2COC(=O)OC2)cc(-c2ccc(C3CCC(CCCCC)CC3)cc2F)cc1CCCC1COC(=O)OC1. The van der Waals surface area contributed by atoms with E-state index in [9.17, 15) is 24.0 Å². The molecule has 0 bridgehead atoms. The van der Waals surface area contributed by atoms with Gasteiger partial charge in [0.2, 0.25) is 0 Å². The molecule has 2 aromatic rings. The van der Waals surface area contributed by atoms with E-state index < -0.39 is 41.6 Å². The van der Waals surface area contributed by atoms with Gasteiger partial charge < -0.3 is 37.9 Å². The van der Waals surface area contributed by atoms with Gasteiger partial charge in [0.1, 0.15) is 69.8 Å². The van der Waals surface area contributed by atoms with Crippen molar-refractivity contribution in [3.8, 4) is 16.9 Å². The van der Waals surface area contributed by atoms with Crippen LogP contribution in [0.1, 0.15) is 134 Å². The highest BCUT2D eigenvalue weighted by Gasteiger charge is 2.39. The molecule has 0 spiro atoms. The van der Waals surface area contributed by atoms with Crippen molar-refractivity contribution in [1.82, 2.24) is 0 Å². The van der Waals surface area contributed by atoms with Gasteiger partial charge in [0, 0.05) is 28.5 Å². The Morgan fingerprint density at radius 2 is 1.19 bits per heavy atom. The molecule has 14 heteroatoms. The van der Waals surface area contributed by atoms with E-state index in [1.807, 2.05) is 18.2 Å². The summed E-state index contributed by atoms with van der Waals surface area (Å²) in [6.45, 7) is 15.6. The van der Waals surface area contributed by atoms with E-state index in [0.29, 0.717) is 61.3 Å². The zero-order chi connectivity index (χ0) is 49.2. The molecule has 2 aromatic carbocycles. The van der Waals surface area contributed by atoms with E-state index >= 15 is 4.39 Å². The molecular weight excluding hydrogens is 876 g/mol. The largest absolute Gasteiger partial charge is 0.508 e. The minimum Gasteiger partial charge on any atom is -0.492 e. The van der Waals surface area contributed by atoms with Gasteiger partial charge in [0.15, 0.2) is 0 Å². The maximum Gasteiger partial charge on any atom is 0.508 e. The molecule has 2 heterocycles. The van der Waals surface area contributed by atoms with Gasteiger partial charge in [0.25, 0.3) is 0 Å². The van der Waals surface area contributed by atoms with E-state index in [1.54, 1.807) is 19.9 Å². The van der Waals surface area contributed by atoms with Gasteiger partial charge in [-0.15, -0.1) is 0 Å².